The molecule has 2 atom stereocenters. The minimum Gasteiger partial charge on any atom is -0.459 e. The monoisotopic (exact) mass is 378 g/mol. The van der Waals surface area contributed by atoms with Gasteiger partial charge < -0.3 is 19.4 Å². The number of furan rings is 1. The summed E-state index contributed by atoms with van der Waals surface area (Å²) in [6.45, 7) is 5.18. The third-order valence-electron chi connectivity index (χ3n) is 5.06. The molecular weight excluding hydrogens is 348 g/mol. The number of ether oxygens (including phenoxy) is 1. The van der Waals surface area contributed by atoms with E-state index in [0.29, 0.717) is 0 Å². The number of hydrogen-bond acceptors (Lipinski definition) is 5. The minimum atomic E-state index is -0.897. The van der Waals surface area contributed by atoms with Crippen LogP contribution in [0, 0.1) is 5.92 Å². The zero-order valence-electron chi connectivity index (χ0n) is 16.6. The first-order chi connectivity index (χ1) is 12.8. The molecule has 0 radical (unpaired) electrons. The first kappa shape index (κ1) is 21.0. The average Bonchev–Trinajstić information content (AvgIpc) is 3.19. The Kier molecular flexibility index (Phi) is 7.45. The standard InChI is InChI=1S/C20H30N2O5/c1-13(2)17(21-18(23)16-11-8-12-26-16)20(25)27-14(3)19(24)22(4)15-9-6-5-7-10-15/h8,11-15,17H,5-7,9-10H2,1-4H3,(H,21,23). The van der Waals surface area contributed by atoms with Crippen molar-refractivity contribution in [3.63, 3.8) is 0 Å². The number of nitrogens with one attached hydrogen (secondary N) is 1. The average molecular weight is 378 g/mol. The normalized spacial score (nSPS) is 17.2. The number of carbonyl (C=O) groups is 3. The molecule has 0 aromatic carbocycles. The van der Waals surface area contributed by atoms with E-state index in [1.165, 1.54) is 18.8 Å². The molecule has 7 heteroatoms. The van der Waals surface area contributed by atoms with E-state index in [-0.39, 0.29) is 23.6 Å². The molecule has 1 aliphatic carbocycles. The van der Waals surface area contributed by atoms with Crippen LogP contribution < -0.4 is 5.32 Å². The van der Waals surface area contributed by atoms with E-state index in [9.17, 15) is 14.4 Å². The second kappa shape index (κ2) is 9.58. The van der Waals surface area contributed by atoms with E-state index in [0.717, 1.165) is 25.7 Å². The lowest BCUT2D eigenvalue weighted by atomic mass is 9.94. The molecule has 1 aromatic heterocycles. The van der Waals surface area contributed by atoms with Crippen molar-refractivity contribution in [2.45, 2.75) is 71.1 Å². The Balaban J connectivity index is 1.94. The molecular formula is C20H30N2O5. The van der Waals surface area contributed by atoms with Crippen LogP contribution in [0.3, 0.4) is 0 Å². The first-order valence-corrected chi connectivity index (χ1v) is 9.62. The van der Waals surface area contributed by atoms with Gasteiger partial charge in [0.25, 0.3) is 11.8 Å². The number of rotatable bonds is 7. The van der Waals surface area contributed by atoms with E-state index in [1.807, 2.05) is 0 Å². The molecule has 1 N–H and O–H groups in total. The summed E-state index contributed by atoms with van der Waals surface area (Å²) in [6, 6.07) is 2.45. The molecule has 1 saturated carbocycles. The lowest BCUT2D eigenvalue weighted by molar-refractivity contribution is -0.162. The number of likely N-dealkylation sites (N-methyl/N-ethyl adjacent to an activating group) is 1. The summed E-state index contributed by atoms with van der Waals surface area (Å²) in [4.78, 5) is 39.1. The smallest absolute Gasteiger partial charge is 0.329 e. The van der Waals surface area contributed by atoms with Gasteiger partial charge in [0.05, 0.1) is 6.26 Å². The van der Waals surface area contributed by atoms with Gasteiger partial charge in [-0.2, -0.15) is 0 Å². The maximum atomic E-state index is 12.6. The molecule has 2 rings (SSSR count). The molecule has 1 fully saturated rings. The van der Waals surface area contributed by atoms with Gasteiger partial charge in [0, 0.05) is 13.1 Å². The second-order valence-electron chi connectivity index (χ2n) is 7.49. The predicted molar refractivity (Wildman–Crippen MR) is 100.0 cm³/mol. The third-order valence-corrected chi connectivity index (χ3v) is 5.06. The van der Waals surface area contributed by atoms with Crippen LogP contribution in [0.1, 0.15) is 63.4 Å². The summed E-state index contributed by atoms with van der Waals surface area (Å²) in [5.41, 5.74) is 0. The van der Waals surface area contributed by atoms with Crippen molar-refractivity contribution >= 4 is 17.8 Å². The van der Waals surface area contributed by atoms with Gasteiger partial charge in [-0.05, 0) is 37.8 Å². The van der Waals surface area contributed by atoms with Gasteiger partial charge in [-0.1, -0.05) is 33.1 Å². The van der Waals surface area contributed by atoms with Gasteiger partial charge in [-0.25, -0.2) is 4.79 Å². The summed E-state index contributed by atoms with van der Waals surface area (Å²) in [6.07, 6.45) is 5.89. The van der Waals surface area contributed by atoms with Gasteiger partial charge in [0.1, 0.15) is 6.04 Å². The summed E-state index contributed by atoms with van der Waals surface area (Å²) in [5, 5.41) is 2.62. The van der Waals surface area contributed by atoms with Gasteiger partial charge >= 0.3 is 5.97 Å². The lowest BCUT2D eigenvalue weighted by Gasteiger charge is -2.33. The van der Waals surface area contributed by atoms with E-state index < -0.39 is 24.0 Å². The highest BCUT2D eigenvalue weighted by molar-refractivity contribution is 5.95. The fourth-order valence-electron chi connectivity index (χ4n) is 3.35. The molecule has 1 heterocycles. The SMILES string of the molecule is CC(OC(=O)C(NC(=O)c1ccco1)C(C)C)C(=O)N(C)C1CCCCC1. The molecule has 0 spiro atoms. The molecule has 1 aromatic rings. The number of carbonyl (C=O) groups excluding carboxylic acids is 3. The quantitative estimate of drug-likeness (QED) is 0.737. The van der Waals surface area contributed by atoms with Crippen LogP contribution >= 0.6 is 0 Å². The molecule has 150 valence electrons. The van der Waals surface area contributed by atoms with Crippen molar-refractivity contribution in [3.8, 4) is 0 Å². The number of nitrogens with zero attached hydrogens (tertiary/aromatic N) is 1. The first-order valence-electron chi connectivity index (χ1n) is 9.62. The van der Waals surface area contributed by atoms with Crippen LogP contribution in [-0.2, 0) is 14.3 Å². The highest BCUT2D eigenvalue weighted by Gasteiger charge is 2.32. The van der Waals surface area contributed by atoms with Crippen molar-refractivity contribution in [1.82, 2.24) is 10.2 Å². The van der Waals surface area contributed by atoms with E-state index >= 15 is 0 Å². The van der Waals surface area contributed by atoms with Crippen molar-refractivity contribution < 1.29 is 23.5 Å². The Labute approximate surface area is 160 Å². The summed E-state index contributed by atoms with van der Waals surface area (Å²) >= 11 is 0. The van der Waals surface area contributed by atoms with Crippen molar-refractivity contribution in [3.05, 3.63) is 24.2 Å². The Morgan fingerprint density at radius 2 is 1.85 bits per heavy atom. The van der Waals surface area contributed by atoms with Crippen LogP contribution in [0.25, 0.3) is 0 Å². The molecule has 2 unspecified atom stereocenters. The maximum absolute atomic E-state index is 12.6. The predicted octanol–water partition coefficient (Wildman–Crippen LogP) is 2.76. The number of amides is 2. The lowest BCUT2D eigenvalue weighted by Crippen LogP contribution is -2.49. The van der Waals surface area contributed by atoms with Crippen LogP contribution in [0.4, 0.5) is 0 Å². The van der Waals surface area contributed by atoms with Gasteiger partial charge in [-0.3, -0.25) is 9.59 Å². The van der Waals surface area contributed by atoms with Crippen LogP contribution in [0.5, 0.6) is 0 Å². The minimum absolute atomic E-state index is 0.120. The fourth-order valence-corrected chi connectivity index (χ4v) is 3.35. The molecule has 0 saturated heterocycles. The fraction of sp³-hybridized carbons (Fsp3) is 0.650. The molecule has 0 aliphatic heterocycles. The zero-order chi connectivity index (χ0) is 20.0. The van der Waals surface area contributed by atoms with Crippen molar-refractivity contribution in [1.29, 1.82) is 0 Å². The van der Waals surface area contributed by atoms with Gasteiger partial charge in [-0.15, -0.1) is 0 Å². The van der Waals surface area contributed by atoms with E-state index in [2.05, 4.69) is 5.32 Å². The van der Waals surface area contributed by atoms with Gasteiger partial charge in [0.2, 0.25) is 0 Å². The maximum Gasteiger partial charge on any atom is 0.329 e. The van der Waals surface area contributed by atoms with Crippen molar-refractivity contribution in [2.75, 3.05) is 7.05 Å². The van der Waals surface area contributed by atoms with E-state index in [1.54, 1.807) is 38.8 Å². The van der Waals surface area contributed by atoms with Crippen molar-refractivity contribution in [2.24, 2.45) is 5.92 Å². The second-order valence-corrected chi connectivity index (χ2v) is 7.49. The molecule has 0 bridgehead atoms. The highest BCUT2D eigenvalue weighted by Crippen LogP contribution is 2.22. The summed E-state index contributed by atoms with van der Waals surface area (Å²) in [5.74, 6) is -1.41. The van der Waals surface area contributed by atoms with E-state index in [4.69, 9.17) is 9.15 Å². The zero-order valence-corrected chi connectivity index (χ0v) is 16.6. The Hall–Kier alpha value is -2.31. The molecule has 27 heavy (non-hydrogen) atoms. The van der Waals surface area contributed by atoms with Crippen LogP contribution in [0.15, 0.2) is 22.8 Å². The Morgan fingerprint density at radius 3 is 2.41 bits per heavy atom. The number of esters is 1. The Bertz CT molecular complexity index is 635. The van der Waals surface area contributed by atoms with Crippen LogP contribution in [0.2, 0.25) is 0 Å². The highest BCUT2D eigenvalue weighted by atomic mass is 16.5. The summed E-state index contributed by atoms with van der Waals surface area (Å²) in [7, 11) is 1.77. The molecule has 2 amide bonds. The van der Waals surface area contributed by atoms with Crippen LogP contribution in [-0.4, -0.2) is 47.9 Å². The molecule has 7 nitrogen and oxygen atoms in total. The summed E-state index contributed by atoms with van der Waals surface area (Å²) < 4.78 is 10.4. The topological polar surface area (TPSA) is 88.8 Å². The van der Waals surface area contributed by atoms with Gasteiger partial charge in [0.15, 0.2) is 11.9 Å². The third kappa shape index (κ3) is 5.58. The number of hydrogen-bond donors (Lipinski definition) is 1. The Morgan fingerprint density at radius 1 is 1.19 bits per heavy atom. The molecule has 1 aliphatic rings. The largest absolute Gasteiger partial charge is 0.459 e.